The first-order valence-corrected chi connectivity index (χ1v) is 7.74. The minimum Gasteiger partial charge on any atom is -0.480 e. The number of benzene rings is 1. The van der Waals surface area contributed by atoms with Gasteiger partial charge in [-0.05, 0) is 12.1 Å². The molecule has 126 valence electrons. The molecule has 1 aromatic carbocycles. The zero-order valence-corrected chi connectivity index (χ0v) is 13.4. The normalized spacial score (nSPS) is 10.2. The standard InChI is InChI=1S/C18H17N5O2/c24-17(25)12-21-18-22-15(13-6-2-1-3-7-13)10-16(23-18)20-11-14-8-4-5-9-19-14/h1-10H,11-12H2,(H,24,25)(H2,20,21,22,23). The van der Waals surface area contributed by atoms with Crippen LogP contribution in [0.4, 0.5) is 11.8 Å². The third-order valence-electron chi connectivity index (χ3n) is 3.37. The minimum atomic E-state index is -0.975. The third-order valence-corrected chi connectivity index (χ3v) is 3.37. The Bertz CT molecular complexity index is 841. The zero-order valence-electron chi connectivity index (χ0n) is 13.4. The summed E-state index contributed by atoms with van der Waals surface area (Å²) in [6.07, 6.45) is 1.73. The molecule has 7 heteroatoms. The van der Waals surface area contributed by atoms with Crippen molar-refractivity contribution in [3.8, 4) is 11.3 Å². The van der Waals surface area contributed by atoms with Gasteiger partial charge in [-0.25, -0.2) is 4.98 Å². The second-order valence-electron chi connectivity index (χ2n) is 5.25. The van der Waals surface area contributed by atoms with Gasteiger partial charge in [-0.1, -0.05) is 36.4 Å². The predicted molar refractivity (Wildman–Crippen MR) is 95.2 cm³/mol. The Morgan fingerprint density at radius 3 is 2.52 bits per heavy atom. The van der Waals surface area contributed by atoms with Gasteiger partial charge in [0.25, 0.3) is 0 Å². The van der Waals surface area contributed by atoms with Crippen molar-refractivity contribution >= 4 is 17.7 Å². The molecule has 0 aliphatic carbocycles. The number of aliphatic carboxylic acids is 1. The molecule has 0 bridgehead atoms. The van der Waals surface area contributed by atoms with E-state index in [4.69, 9.17) is 5.11 Å². The number of rotatable bonds is 7. The average molecular weight is 335 g/mol. The van der Waals surface area contributed by atoms with Crippen LogP contribution in [0, 0.1) is 0 Å². The van der Waals surface area contributed by atoms with Crippen molar-refractivity contribution in [2.24, 2.45) is 0 Å². The topological polar surface area (TPSA) is 100 Å². The van der Waals surface area contributed by atoms with Gasteiger partial charge in [0.15, 0.2) is 0 Å². The molecule has 7 nitrogen and oxygen atoms in total. The van der Waals surface area contributed by atoms with Crippen molar-refractivity contribution in [1.82, 2.24) is 15.0 Å². The first-order chi connectivity index (χ1) is 12.2. The molecule has 3 N–H and O–H groups in total. The van der Waals surface area contributed by atoms with Gasteiger partial charge in [-0.2, -0.15) is 4.98 Å². The summed E-state index contributed by atoms with van der Waals surface area (Å²) in [4.78, 5) is 23.7. The highest BCUT2D eigenvalue weighted by molar-refractivity contribution is 5.72. The van der Waals surface area contributed by atoms with Gasteiger partial charge >= 0.3 is 5.97 Å². The van der Waals surface area contributed by atoms with Crippen LogP contribution in [0.1, 0.15) is 5.69 Å². The van der Waals surface area contributed by atoms with E-state index in [9.17, 15) is 4.79 Å². The van der Waals surface area contributed by atoms with Crippen LogP contribution in [0.5, 0.6) is 0 Å². The van der Waals surface area contributed by atoms with Crippen LogP contribution in [-0.4, -0.2) is 32.6 Å². The molecule has 0 saturated heterocycles. The number of nitrogens with one attached hydrogen (secondary N) is 2. The Kier molecular flexibility index (Phi) is 5.16. The van der Waals surface area contributed by atoms with Crippen molar-refractivity contribution in [1.29, 1.82) is 0 Å². The number of hydrogen-bond acceptors (Lipinski definition) is 6. The summed E-state index contributed by atoms with van der Waals surface area (Å²) in [5.74, 6) is -0.128. The van der Waals surface area contributed by atoms with Crippen molar-refractivity contribution < 1.29 is 9.90 Å². The first-order valence-electron chi connectivity index (χ1n) is 7.74. The molecule has 0 amide bonds. The van der Waals surface area contributed by atoms with Gasteiger partial charge < -0.3 is 15.7 Å². The minimum absolute atomic E-state index is 0.252. The molecule has 25 heavy (non-hydrogen) atoms. The number of carboxylic acid groups (broad SMARTS) is 1. The van der Waals surface area contributed by atoms with Crippen molar-refractivity contribution in [2.45, 2.75) is 6.54 Å². The fourth-order valence-corrected chi connectivity index (χ4v) is 2.21. The van der Waals surface area contributed by atoms with Gasteiger partial charge in [0.2, 0.25) is 5.95 Å². The molecule has 0 radical (unpaired) electrons. The molecule has 3 rings (SSSR count). The Hall–Kier alpha value is -3.48. The lowest BCUT2D eigenvalue weighted by atomic mass is 10.1. The van der Waals surface area contributed by atoms with E-state index < -0.39 is 5.97 Å². The van der Waals surface area contributed by atoms with Gasteiger partial charge in [0, 0.05) is 17.8 Å². The highest BCUT2D eigenvalue weighted by Gasteiger charge is 2.08. The van der Waals surface area contributed by atoms with Crippen LogP contribution in [-0.2, 0) is 11.3 Å². The summed E-state index contributed by atoms with van der Waals surface area (Å²) in [6.45, 7) is 0.252. The molecule has 3 aromatic rings. The van der Waals surface area contributed by atoms with Crippen molar-refractivity contribution in [2.75, 3.05) is 17.2 Å². The number of hydrogen-bond donors (Lipinski definition) is 3. The van der Waals surface area contributed by atoms with Gasteiger partial charge in [-0.3, -0.25) is 9.78 Å². The van der Waals surface area contributed by atoms with Crippen molar-refractivity contribution in [3.05, 3.63) is 66.5 Å². The smallest absolute Gasteiger partial charge is 0.322 e. The summed E-state index contributed by atoms with van der Waals surface area (Å²) in [7, 11) is 0. The maximum Gasteiger partial charge on any atom is 0.322 e. The van der Waals surface area contributed by atoms with E-state index in [0.717, 1.165) is 11.3 Å². The van der Waals surface area contributed by atoms with E-state index in [1.54, 1.807) is 6.20 Å². The predicted octanol–water partition coefficient (Wildman–Crippen LogP) is 2.65. The highest BCUT2D eigenvalue weighted by atomic mass is 16.4. The summed E-state index contributed by atoms with van der Waals surface area (Å²) in [5, 5.41) is 14.8. The molecule has 0 spiro atoms. The molecule has 0 atom stereocenters. The van der Waals surface area contributed by atoms with Crippen LogP contribution in [0.25, 0.3) is 11.3 Å². The number of anilines is 2. The molecule has 0 unspecified atom stereocenters. The molecular formula is C18H17N5O2. The highest BCUT2D eigenvalue weighted by Crippen LogP contribution is 2.21. The van der Waals surface area contributed by atoms with E-state index in [1.165, 1.54) is 0 Å². The van der Waals surface area contributed by atoms with E-state index in [0.29, 0.717) is 18.1 Å². The third kappa shape index (κ3) is 4.74. The Labute approximate surface area is 144 Å². The number of carbonyl (C=O) groups is 1. The summed E-state index contributed by atoms with van der Waals surface area (Å²) in [6, 6.07) is 17.1. The SMILES string of the molecule is O=C(O)CNc1nc(NCc2ccccn2)cc(-c2ccccc2)n1. The van der Waals surface area contributed by atoms with Gasteiger partial charge in [0.1, 0.15) is 12.4 Å². The summed E-state index contributed by atoms with van der Waals surface area (Å²) >= 11 is 0. The molecular weight excluding hydrogens is 318 g/mol. The molecule has 0 saturated carbocycles. The molecule has 0 aliphatic heterocycles. The number of pyridine rings is 1. The first kappa shape index (κ1) is 16.4. The maximum atomic E-state index is 10.8. The van der Waals surface area contributed by atoms with Crippen LogP contribution >= 0.6 is 0 Å². The molecule has 2 aromatic heterocycles. The zero-order chi connectivity index (χ0) is 17.5. The van der Waals surface area contributed by atoms with Crippen LogP contribution in [0.3, 0.4) is 0 Å². The Balaban J connectivity index is 1.85. The maximum absolute atomic E-state index is 10.8. The lowest BCUT2D eigenvalue weighted by Gasteiger charge is -2.10. The van der Waals surface area contributed by atoms with Gasteiger partial charge in [0.05, 0.1) is 17.9 Å². The molecule has 0 aliphatic rings. The number of nitrogens with zero attached hydrogens (tertiary/aromatic N) is 3. The van der Waals surface area contributed by atoms with Crippen LogP contribution in [0.2, 0.25) is 0 Å². The van der Waals surface area contributed by atoms with E-state index >= 15 is 0 Å². The fraction of sp³-hybridized carbons (Fsp3) is 0.111. The number of aromatic nitrogens is 3. The van der Waals surface area contributed by atoms with E-state index in [-0.39, 0.29) is 12.5 Å². The van der Waals surface area contributed by atoms with Gasteiger partial charge in [-0.15, -0.1) is 0 Å². The Morgan fingerprint density at radius 1 is 1.00 bits per heavy atom. The lowest BCUT2D eigenvalue weighted by Crippen LogP contribution is -2.15. The van der Waals surface area contributed by atoms with Crippen LogP contribution in [0.15, 0.2) is 60.8 Å². The molecule has 2 heterocycles. The second-order valence-corrected chi connectivity index (χ2v) is 5.25. The monoisotopic (exact) mass is 335 g/mol. The Morgan fingerprint density at radius 2 is 1.80 bits per heavy atom. The quantitative estimate of drug-likeness (QED) is 0.610. The summed E-state index contributed by atoms with van der Waals surface area (Å²) in [5.41, 5.74) is 2.50. The summed E-state index contributed by atoms with van der Waals surface area (Å²) < 4.78 is 0. The number of carboxylic acids is 1. The van der Waals surface area contributed by atoms with E-state index in [1.807, 2.05) is 54.6 Å². The lowest BCUT2D eigenvalue weighted by molar-refractivity contribution is -0.134. The second kappa shape index (κ2) is 7.87. The average Bonchev–Trinajstić information content (AvgIpc) is 2.66. The van der Waals surface area contributed by atoms with Crippen molar-refractivity contribution in [3.63, 3.8) is 0 Å². The fourth-order valence-electron chi connectivity index (χ4n) is 2.21. The van der Waals surface area contributed by atoms with Crippen LogP contribution < -0.4 is 10.6 Å². The largest absolute Gasteiger partial charge is 0.480 e. The van der Waals surface area contributed by atoms with E-state index in [2.05, 4.69) is 25.6 Å². The molecule has 0 fully saturated rings.